The number of nitrogens with two attached hydrogens (primary N) is 1. The van der Waals surface area contributed by atoms with E-state index in [4.69, 9.17) is 5.73 Å². The molecular weight excluding hydrogens is 386 g/mol. The van der Waals surface area contributed by atoms with Gasteiger partial charge in [0, 0.05) is 16.9 Å². The lowest BCUT2D eigenvalue weighted by Gasteiger charge is -2.07. The first-order chi connectivity index (χ1) is 13.6. The molecule has 0 saturated heterocycles. The second-order valence-corrected chi connectivity index (χ2v) is 8.37. The minimum absolute atomic E-state index is 0.427. The second kappa shape index (κ2) is 10.0. The Balaban J connectivity index is 1.63. The highest BCUT2D eigenvalue weighted by atomic mass is 32.2. The average Bonchev–Trinajstić information content (AvgIpc) is 2.73. The zero-order valence-electron chi connectivity index (χ0n) is 15.5. The molecule has 0 heterocycles. The molecule has 0 spiro atoms. The fourth-order valence-electron chi connectivity index (χ4n) is 2.62. The third-order valence-electron chi connectivity index (χ3n) is 4.01. The van der Waals surface area contributed by atoms with E-state index in [2.05, 4.69) is 22.3 Å². The van der Waals surface area contributed by atoms with Crippen LogP contribution in [0.4, 0.5) is 0 Å². The predicted molar refractivity (Wildman–Crippen MR) is 121 cm³/mol. The lowest BCUT2D eigenvalue weighted by atomic mass is 10.0. The van der Waals surface area contributed by atoms with Crippen LogP contribution in [0.1, 0.15) is 11.1 Å². The summed E-state index contributed by atoms with van der Waals surface area (Å²) in [6.45, 7) is 0. The molecule has 6 heteroatoms. The van der Waals surface area contributed by atoms with Gasteiger partial charge in [-0.25, -0.2) is 0 Å². The molecular formula is C22H21N3OS2. The van der Waals surface area contributed by atoms with Crippen molar-refractivity contribution >= 4 is 33.9 Å². The van der Waals surface area contributed by atoms with Gasteiger partial charge in [0.2, 0.25) is 0 Å². The monoisotopic (exact) mass is 407 g/mol. The van der Waals surface area contributed by atoms with E-state index < -0.39 is 10.8 Å². The number of nitrogens with zero attached hydrogens (tertiary/aromatic N) is 2. The number of benzene rings is 3. The van der Waals surface area contributed by atoms with Crippen LogP contribution in [-0.4, -0.2) is 21.8 Å². The summed E-state index contributed by atoms with van der Waals surface area (Å²) in [4.78, 5) is 0.830. The molecule has 0 bridgehead atoms. The van der Waals surface area contributed by atoms with E-state index in [1.165, 1.54) is 17.3 Å². The highest BCUT2D eigenvalue weighted by molar-refractivity contribution is 8.13. The quantitative estimate of drug-likeness (QED) is 0.367. The molecule has 3 aromatic rings. The van der Waals surface area contributed by atoms with Crippen molar-refractivity contribution in [2.45, 2.75) is 10.6 Å². The largest absolute Gasteiger partial charge is 0.377 e. The molecule has 0 aliphatic carbocycles. The fourth-order valence-corrected chi connectivity index (χ4v) is 4.00. The van der Waals surface area contributed by atoms with Gasteiger partial charge in [-0.1, -0.05) is 84.6 Å². The topological polar surface area (TPSA) is 67.8 Å². The van der Waals surface area contributed by atoms with Crippen LogP contribution >= 0.6 is 11.8 Å². The molecule has 0 fully saturated rings. The third kappa shape index (κ3) is 5.65. The molecule has 28 heavy (non-hydrogen) atoms. The molecule has 0 amide bonds. The number of rotatable bonds is 6. The third-order valence-corrected chi connectivity index (χ3v) is 5.84. The molecule has 1 atom stereocenters. The Morgan fingerprint density at radius 3 is 2.39 bits per heavy atom. The number of hydrogen-bond donors (Lipinski definition) is 1. The van der Waals surface area contributed by atoms with Crippen LogP contribution in [0.5, 0.6) is 0 Å². The van der Waals surface area contributed by atoms with Crippen molar-refractivity contribution in [1.29, 1.82) is 0 Å². The van der Waals surface area contributed by atoms with Crippen molar-refractivity contribution in [3.63, 3.8) is 0 Å². The van der Waals surface area contributed by atoms with Crippen LogP contribution in [-0.2, 0) is 16.6 Å². The van der Waals surface area contributed by atoms with Gasteiger partial charge in [-0.15, -0.1) is 5.10 Å². The minimum atomic E-state index is -1.03. The van der Waals surface area contributed by atoms with Crippen LogP contribution in [0.15, 0.2) is 94.0 Å². The number of hydrogen-bond acceptors (Lipinski definition) is 4. The smallest absolute Gasteiger partial charge is 0.180 e. The molecule has 1 unspecified atom stereocenters. The van der Waals surface area contributed by atoms with Gasteiger partial charge in [-0.2, -0.15) is 5.10 Å². The summed E-state index contributed by atoms with van der Waals surface area (Å²) in [6.07, 6.45) is 3.36. The first-order valence-electron chi connectivity index (χ1n) is 8.69. The van der Waals surface area contributed by atoms with Gasteiger partial charge in [0.05, 0.1) is 17.0 Å². The molecule has 3 rings (SSSR count). The van der Waals surface area contributed by atoms with Crippen molar-refractivity contribution in [3.8, 4) is 11.1 Å². The van der Waals surface area contributed by atoms with Gasteiger partial charge in [-0.3, -0.25) is 4.21 Å². The first kappa shape index (κ1) is 20.0. The Morgan fingerprint density at radius 1 is 1.00 bits per heavy atom. The molecule has 0 radical (unpaired) electrons. The SMILES string of the molecule is CS(=O)c1ccccc1-c1ccc(C=NN=C(N)SCc2ccccc2)cc1. The first-order valence-corrected chi connectivity index (χ1v) is 11.2. The maximum atomic E-state index is 11.9. The molecule has 3 aromatic carbocycles. The average molecular weight is 408 g/mol. The summed E-state index contributed by atoms with van der Waals surface area (Å²) in [6, 6.07) is 25.7. The lowest BCUT2D eigenvalue weighted by molar-refractivity contribution is 0.687. The van der Waals surface area contributed by atoms with Crippen molar-refractivity contribution < 1.29 is 4.21 Å². The van der Waals surface area contributed by atoms with Crippen LogP contribution < -0.4 is 5.73 Å². The van der Waals surface area contributed by atoms with E-state index in [1.807, 2.05) is 66.7 Å². The summed E-state index contributed by atoms with van der Waals surface area (Å²) in [5.41, 5.74) is 10.0. The zero-order valence-corrected chi connectivity index (χ0v) is 17.1. The number of thioether (sulfide) groups is 1. The Labute approximate surface area is 172 Å². The molecule has 2 N–H and O–H groups in total. The summed E-state index contributed by atoms with van der Waals surface area (Å²) in [7, 11) is -1.03. The van der Waals surface area contributed by atoms with Crippen molar-refractivity contribution in [3.05, 3.63) is 90.0 Å². The Bertz CT molecular complexity index is 1000. The van der Waals surface area contributed by atoms with E-state index in [-0.39, 0.29) is 0 Å². The maximum Gasteiger partial charge on any atom is 0.180 e. The van der Waals surface area contributed by atoms with Crippen molar-refractivity contribution in [1.82, 2.24) is 0 Å². The molecule has 0 saturated carbocycles. The predicted octanol–water partition coefficient (Wildman–Crippen LogP) is 4.67. The molecule has 0 aliphatic heterocycles. The van der Waals surface area contributed by atoms with Crippen LogP contribution in [0.2, 0.25) is 0 Å². The molecule has 0 aromatic heterocycles. The Kier molecular flexibility index (Phi) is 7.17. The van der Waals surface area contributed by atoms with Gasteiger partial charge in [0.25, 0.3) is 0 Å². The number of amidine groups is 1. The highest BCUT2D eigenvalue weighted by Gasteiger charge is 2.07. The summed E-state index contributed by atoms with van der Waals surface area (Å²) >= 11 is 1.45. The van der Waals surface area contributed by atoms with Crippen molar-refractivity contribution in [2.24, 2.45) is 15.9 Å². The summed E-state index contributed by atoms with van der Waals surface area (Å²) in [5.74, 6) is 0.762. The summed E-state index contributed by atoms with van der Waals surface area (Å²) in [5, 5.41) is 8.54. The van der Waals surface area contributed by atoms with Crippen LogP contribution in [0.3, 0.4) is 0 Å². The van der Waals surface area contributed by atoms with E-state index in [1.54, 1.807) is 12.5 Å². The van der Waals surface area contributed by atoms with Crippen LogP contribution in [0, 0.1) is 0 Å². The minimum Gasteiger partial charge on any atom is -0.377 e. The maximum absolute atomic E-state index is 11.9. The standard InChI is InChI=1S/C22H21N3OS2/c1-28(26)21-10-6-5-9-20(21)19-13-11-17(12-14-19)15-24-25-22(23)27-16-18-7-3-2-4-8-18/h2-15H,16H2,1H3,(H2,23,25). The van der Waals surface area contributed by atoms with Crippen LogP contribution in [0.25, 0.3) is 11.1 Å². The van der Waals surface area contributed by atoms with Gasteiger partial charge < -0.3 is 5.73 Å². The van der Waals surface area contributed by atoms with E-state index >= 15 is 0 Å². The Hall–Kier alpha value is -2.70. The highest BCUT2D eigenvalue weighted by Crippen LogP contribution is 2.25. The summed E-state index contributed by atoms with van der Waals surface area (Å²) < 4.78 is 11.9. The van der Waals surface area contributed by atoms with E-state index in [9.17, 15) is 4.21 Å². The van der Waals surface area contributed by atoms with Gasteiger partial charge >= 0.3 is 0 Å². The van der Waals surface area contributed by atoms with Gasteiger partial charge in [0.15, 0.2) is 5.17 Å². The van der Waals surface area contributed by atoms with E-state index in [0.717, 1.165) is 27.3 Å². The molecule has 4 nitrogen and oxygen atoms in total. The fraction of sp³-hybridized carbons (Fsp3) is 0.0909. The molecule has 142 valence electrons. The molecule has 0 aliphatic rings. The Morgan fingerprint density at radius 2 is 1.68 bits per heavy atom. The zero-order chi connectivity index (χ0) is 19.8. The van der Waals surface area contributed by atoms with E-state index in [0.29, 0.717) is 5.17 Å². The van der Waals surface area contributed by atoms with Gasteiger partial charge in [-0.05, 0) is 28.3 Å². The van der Waals surface area contributed by atoms with Gasteiger partial charge in [0.1, 0.15) is 0 Å². The van der Waals surface area contributed by atoms with Crippen molar-refractivity contribution in [2.75, 3.05) is 6.26 Å². The normalized spacial score (nSPS) is 13.0. The lowest BCUT2D eigenvalue weighted by Crippen LogP contribution is -2.05. The second-order valence-electron chi connectivity index (χ2n) is 6.03.